The van der Waals surface area contributed by atoms with E-state index in [0.717, 1.165) is 15.8 Å². The molecule has 3 nitrogen and oxygen atoms in total. The molecule has 21 heavy (non-hydrogen) atoms. The van der Waals surface area contributed by atoms with E-state index in [1.807, 2.05) is 48.5 Å². The first-order valence-electron chi connectivity index (χ1n) is 6.79. The van der Waals surface area contributed by atoms with E-state index in [9.17, 15) is 4.79 Å². The highest BCUT2D eigenvalue weighted by Crippen LogP contribution is 2.23. The Labute approximate surface area is 133 Å². The number of carbonyl (C=O) groups is 1. The van der Waals surface area contributed by atoms with Crippen molar-refractivity contribution < 1.29 is 4.79 Å². The second kappa shape index (κ2) is 6.31. The predicted molar refractivity (Wildman–Crippen MR) is 91.9 cm³/mol. The van der Waals surface area contributed by atoms with Gasteiger partial charge in [-0.3, -0.25) is 0 Å². The van der Waals surface area contributed by atoms with Crippen LogP contribution in [0.5, 0.6) is 0 Å². The van der Waals surface area contributed by atoms with Gasteiger partial charge < -0.3 is 10.6 Å². The van der Waals surface area contributed by atoms with Crippen LogP contribution in [0.4, 0.5) is 16.2 Å². The van der Waals surface area contributed by atoms with Gasteiger partial charge in [0.05, 0.1) is 0 Å². The van der Waals surface area contributed by atoms with E-state index in [4.69, 9.17) is 0 Å². The summed E-state index contributed by atoms with van der Waals surface area (Å²) in [5.74, 6) is 0. The number of anilines is 2. The van der Waals surface area contributed by atoms with Gasteiger partial charge in [0, 0.05) is 15.8 Å². The summed E-state index contributed by atoms with van der Waals surface area (Å²) >= 11 is 3.36. The van der Waals surface area contributed by atoms with Crippen LogP contribution < -0.4 is 10.6 Å². The number of hydrogen-bond donors (Lipinski definition) is 2. The van der Waals surface area contributed by atoms with E-state index in [1.165, 1.54) is 5.56 Å². The summed E-state index contributed by atoms with van der Waals surface area (Å²) in [6.07, 6.45) is 0. The monoisotopic (exact) mass is 346 g/mol. The normalized spacial score (nSPS) is 11.0. The van der Waals surface area contributed by atoms with Gasteiger partial charge in [-0.2, -0.15) is 0 Å². The van der Waals surface area contributed by atoms with Gasteiger partial charge in [0.15, 0.2) is 0 Å². The number of benzene rings is 2. The first kappa shape index (κ1) is 15.6. The van der Waals surface area contributed by atoms with E-state index in [-0.39, 0.29) is 11.4 Å². The molecule has 0 unspecified atom stereocenters. The number of amides is 2. The predicted octanol–water partition coefficient (Wildman–Crippen LogP) is 5.39. The van der Waals surface area contributed by atoms with Gasteiger partial charge in [-0.05, 0) is 47.4 Å². The molecule has 0 spiro atoms. The molecule has 2 N–H and O–H groups in total. The number of hydrogen-bond acceptors (Lipinski definition) is 1. The molecule has 0 heterocycles. The van der Waals surface area contributed by atoms with Crippen molar-refractivity contribution in [1.82, 2.24) is 0 Å². The second-order valence-electron chi connectivity index (χ2n) is 5.91. The van der Waals surface area contributed by atoms with Gasteiger partial charge >= 0.3 is 6.03 Å². The van der Waals surface area contributed by atoms with E-state index in [2.05, 4.69) is 47.3 Å². The largest absolute Gasteiger partial charge is 0.323 e. The Balaban J connectivity index is 1.98. The summed E-state index contributed by atoms with van der Waals surface area (Å²) in [5, 5.41) is 5.61. The Morgan fingerprint density at radius 3 is 1.71 bits per heavy atom. The van der Waals surface area contributed by atoms with Crippen molar-refractivity contribution >= 4 is 33.3 Å². The molecule has 0 aromatic heterocycles. The Kier molecular flexibility index (Phi) is 4.68. The van der Waals surface area contributed by atoms with Crippen molar-refractivity contribution in [2.24, 2.45) is 0 Å². The maximum atomic E-state index is 11.9. The molecule has 2 amide bonds. The van der Waals surface area contributed by atoms with E-state index in [0.29, 0.717) is 0 Å². The number of nitrogens with one attached hydrogen (secondary N) is 2. The lowest BCUT2D eigenvalue weighted by molar-refractivity contribution is 0.262. The highest BCUT2D eigenvalue weighted by molar-refractivity contribution is 9.10. The zero-order valence-electron chi connectivity index (χ0n) is 12.4. The van der Waals surface area contributed by atoms with E-state index in [1.54, 1.807) is 0 Å². The summed E-state index contributed by atoms with van der Waals surface area (Å²) in [6.45, 7) is 6.49. The Morgan fingerprint density at radius 2 is 1.29 bits per heavy atom. The van der Waals surface area contributed by atoms with Crippen molar-refractivity contribution in [2.75, 3.05) is 10.6 Å². The van der Waals surface area contributed by atoms with Crippen molar-refractivity contribution in [1.29, 1.82) is 0 Å². The lowest BCUT2D eigenvalue weighted by atomic mass is 9.87. The average Bonchev–Trinajstić information content (AvgIpc) is 2.41. The molecule has 2 aromatic rings. The third-order valence-corrected chi connectivity index (χ3v) is 3.64. The topological polar surface area (TPSA) is 41.1 Å². The summed E-state index contributed by atoms with van der Waals surface area (Å²) in [4.78, 5) is 11.9. The first-order chi connectivity index (χ1) is 9.84. The fraction of sp³-hybridized carbons (Fsp3) is 0.235. The van der Waals surface area contributed by atoms with Crippen LogP contribution in [0.15, 0.2) is 53.0 Å². The molecule has 0 atom stereocenters. The molecule has 2 rings (SSSR count). The summed E-state index contributed by atoms with van der Waals surface area (Å²) in [6, 6.07) is 15.1. The molecule has 0 aliphatic rings. The highest BCUT2D eigenvalue weighted by Gasteiger charge is 2.13. The summed E-state index contributed by atoms with van der Waals surface area (Å²) in [7, 11) is 0. The fourth-order valence-electron chi connectivity index (χ4n) is 1.88. The molecule has 0 aliphatic heterocycles. The SMILES string of the molecule is CC(C)(C)c1ccc(NC(=O)Nc2ccc(Br)cc2)cc1. The van der Waals surface area contributed by atoms with Crippen molar-refractivity contribution in [3.05, 3.63) is 58.6 Å². The molecular formula is C17H19BrN2O. The fourth-order valence-corrected chi connectivity index (χ4v) is 2.14. The molecule has 0 saturated heterocycles. The quantitative estimate of drug-likeness (QED) is 0.751. The van der Waals surface area contributed by atoms with Crippen molar-refractivity contribution in [2.45, 2.75) is 26.2 Å². The molecule has 0 aliphatic carbocycles. The number of carbonyl (C=O) groups excluding carboxylic acids is 1. The van der Waals surface area contributed by atoms with Crippen LogP contribution in [0.3, 0.4) is 0 Å². The van der Waals surface area contributed by atoms with Gasteiger partial charge in [0.2, 0.25) is 0 Å². The Hall–Kier alpha value is -1.81. The summed E-state index contributed by atoms with van der Waals surface area (Å²) < 4.78 is 0.978. The van der Waals surface area contributed by atoms with Gasteiger partial charge in [-0.25, -0.2) is 4.79 Å². The lowest BCUT2D eigenvalue weighted by Gasteiger charge is -2.19. The molecule has 0 saturated carbocycles. The van der Waals surface area contributed by atoms with Gasteiger partial charge in [-0.1, -0.05) is 48.8 Å². The van der Waals surface area contributed by atoms with Crippen LogP contribution in [0, 0.1) is 0 Å². The maximum Gasteiger partial charge on any atom is 0.323 e. The smallest absolute Gasteiger partial charge is 0.308 e. The van der Waals surface area contributed by atoms with Crippen LogP contribution in [-0.4, -0.2) is 6.03 Å². The number of rotatable bonds is 2. The molecular weight excluding hydrogens is 328 g/mol. The first-order valence-corrected chi connectivity index (χ1v) is 7.58. The molecule has 110 valence electrons. The van der Waals surface area contributed by atoms with Crippen molar-refractivity contribution in [3.8, 4) is 0 Å². The van der Waals surface area contributed by atoms with Crippen LogP contribution in [0.25, 0.3) is 0 Å². The minimum absolute atomic E-state index is 0.109. The van der Waals surface area contributed by atoms with Crippen LogP contribution in [-0.2, 0) is 5.41 Å². The highest BCUT2D eigenvalue weighted by atomic mass is 79.9. The number of urea groups is 1. The maximum absolute atomic E-state index is 11.9. The average molecular weight is 347 g/mol. The molecule has 0 bridgehead atoms. The zero-order valence-corrected chi connectivity index (χ0v) is 14.0. The molecule has 2 aromatic carbocycles. The zero-order chi connectivity index (χ0) is 15.5. The van der Waals surface area contributed by atoms with E-state index < -0.39 is 0 Å². The summed E-state index contributed by atoms with van der Waals surface area (Å²) in [5.41, 5.74) is 2.87. The third-order valence-electron chi connectivity index (χ3n) is 3.11. The van der Waals surface area contributed by atoms with Gasteiger partial charge in [-0.15, -0.1) is 0 Å². The van der Waals surface area contributed by atoms with Gasteiger partial charge in [0.25, 0.3) is 0 Å². The van der Waals surface area contributed by atoms with Crippen LogP contribution >= 0.6 is 15.9 Å². The molecule has 0 fully saturated rings. The molecule has 0 radical (unpaired) electrons. The standard InChI is InChI=1S/C17H19BrN2O/c1-17(2,3)12-4-8-14(9-5-12)19-16(21)20-15-10-6-13(18)7-11-15/h4-11H,1-3H3,(H2,19,20,21). The Morgan fingerprint density at radius 1 is 0.857 bits per heavy atom. The van der Waals surface area contributed by atoms with Crippen molar-refractivity contribution in [3.63, 3.8) is 0 Å². The third kappa shape index (κ3) is 4.60. The van der Waals surface area contributed by atoms with Gasteiger partial charge in [0.1, 0.15) is 0 Å². The van der Waals surface area contributed by atoms with E-state index >= 15 is 0 Å². The minimum atomic E-state index is -0.249. The Bertz CT molecular complexity index is 613. The lowest BCUT2D eigenvalue weighted by Crippen LogP contribution is -2.19. The van der Waals surface area contributed by atoms with Crippen LogP contribution in [0.2, 0.25) is 0 Å². The number of halogens is 1. The second-order valence-corrected chi connectivity index (χ2v) is 6.83. The minimum Gasteiger partial charge on any atom is -0.308 e. The van der Waals surface area contributed by atoms with Crippen LogP contribution in [0.1, 0.15) is 26.3 Å². The molecule has 4 heteroatoms.